The Balaban J connectivity index is 2.53. The van der Waals surface area contributed by atoms with Gasteiger partial charge < -0.3 is 4.52 Å². The predicted octanol–water partition coefficient (Wildman–Crippen LogP) is 3.55. The van der Waals surface area contributed by atoms with E-state index >= 15 is 0 Å². The van der Waals surface area contributed by atoms with Gasteiger partial charge in [-0.3, -0.25) is 0 Å². The van der Waals surface area contributed by atoms with E-state index in [-0.39, 0.29) is 0 Å². The normalized spacial score (nSPS) is 10.2. The molecule has 65 valence electrons. The lowest BCUT2D eigenvalue weighted by Crippen LogP contribution is -1.72. The zero-order valence-corrected chi connectivity index (χ0v) is 8.10. The van der Waals surface area contributed by atoms with Crippen LogP contribution >= 0.6 is 24.2 Å². The number of hydrogen-bond donors (Lipinski definition) is 0. The fraction of sp³-hybridized carbons (Fsp3) is 0. The topological polar surface area (TPSA) is 26.0 Å². The van der Waals surface area contributed by atoms with E-state index in [4.69, 9.17) is 28.8 Å². The maximum Gasteiger partial charge on any atom is 0.188 e. The number of nitrogens with zero attached hydrogens (tertiary/aromatic N) is 1. The van der Waals surface area contributed by atoms with Crippen LogP contribution < -0.4 is 0 Å². The molecular weight excluding hydrogens is 206 g/mol. The van der Waals surface area contributed by atoms with Crippen LogP contribution in [0.1, 0.15) is 0 Å². The molecule has 0 aliphatic carbocycles. The van der Waals surface area contributed by atoms with Gasteiger partial charge in [0, 0.05) is 5.56 Å². The molecule has 4 heteroatoms. The van der Waals surface area contributed by atoms with Gasteiger partial charge in [0.2, 0.25) is 0 Å². The summed E-state index contributed by atoms with van der Waals surface area (Å²) < 4.78 is 5.00. The average molecular weight is 211 g/mol. The van der Waals surface area contributed by atoms with Crippen LogP contribution in [-0.2, 0) is 0 Å². The molecule has 0 aliphatic heterocycles. The first-order valence-electron chi connectivity index (χ1n) is 3.66. The third-order valence-electron chi connectivity index (χ3n) is 1.64. The van der Waals surface area contributed by atoms with E-state index < -0.39 is 0 Å². The Morgan fingerprint density at radius 3 is 2.46 bits per heavy atom. The summed E-state index contributed by atoms with van der Waals surface area (Å²) in [5, 5.41) is 4.31. The number of halogens is 1. The molecule has 1 aromatic heterocycles. The SMILES string of the molecule is [S]c1noc(-c2ccccc2)c1Cl. The van der Waals surface area contributed by atoms with Crippen molar-refractivity contribution in [1.82, 2.24) is 5.16 Å². The molecule has 0 spiro atoms. The molecule has 0 amide bonds. The van der Waals surface area contributed by atoms with Crippen molar-refractivity contribution >= 4 is 24.2 Å². The van der Waals surface area contributed by atoms with Gasteiger partial charge in [-0.1, -0.05) is 59.7 Å². The summed E-state index contributed by atoms with van der Waals surface area (Å²) >= 11 is 10.7. The van der Waals surface area contributed by atoms with E-state index in [9.17, 15) is 0 Å². The highest BCUT2D eigenvalue weighted by atomic mass is 35.5. The largest absolute Gasteiger partial charge is 0.353 e. The van der Waals surface area contributed by atoms with Gasteiger partial charge in [-0.25, -0.2) is 0 Å². The van der Waals surface area contributed by atoms with Crippen LogP contribution in [0.5, 0.6) is 0 Å². The predicted molar refractivity (Wildman–Crippen MR) is 52.8 cm³/mol. The van der Waals surface area contributed by atoms with Crippen molar-refractivity contribution in [1.29, 1.82) is 0 Å². The van der Waals surface area contributed by atoms with Gasteiger partial charge in [-0.2, -0.15) is 0 Å². The summed E-state index contributed by atoms with van der Waals surface area (Å²) in [5.41, 5.74) is 0.885. The second-order valence-electron chi connectivity index (χ2n) is 2.50. The number of aromatic nitrogens is 1. The summed E-state index contributed by atoms with van der Waals surface area (Å²) in [6.07, 6.45) is 0. The summed E-state index contributed by atoms with van der Waals surface area (Å²) in [4.78, 5) is 0. The van der Waals surface area contributed by atoms with E-state index in [1.54, 1.807) is 0 Å². The molecule has 2 nitrogen and oxygen atoms in total. The molecule has 2 rings (SSSR count). The van der Waals surface area contributed by atoms with Crippen LogP contribution in [0.3, 0.4) is 0 Å². The minimum absolute atomic E-state index is 0.306. The minimum atomic E-state index is 0.306. The lowest BCUT2D eigenvalue weighted by molar-refractivity contribution is 0.416. The smallest absolute Gasteiger partial charge is 0.188 e. The number of rotatable bonds is 1. The first-order valence-corrected chi connectivity index (χ1v) is 4.45. The third kappa shape index (κ3) is 1.53. The van der Waals surface area contributed by atoms with Crippen molar-refractivity contribution in [3.8, 4) is 11.3 Å². The fourth-order valence-electron chi connectivity index (χ4n) is 1.03. The number of benzene rings is 1. The van der Waals surface area contributed by atoms with Gasteiger partial charge in [-0.05, 0) is 0 Å². The fourth-order valence-corrected chi connectivity index (χ4v) is 1.34. The van der Waals surface area contributed by atoms with Crippen molar-refractivity contribution in [3.05, 3.63) is 35.4 Å². The van der Waals surface area contributed by atoms with E-state index in [1.165, 1.54) is 0 Å². The second kappa shape index (κ2) is 3.36. The highest BCUT2D eigenvalue weighted by molar-refractivity contribution is 7.80. The van der Waals surface area contributed by atoms with Crippen LogP contribution in [0.25, 0.3) is 11.3 Å². The standard InChI is InChI=1S/C9H5ClNOS/c10-7-8(12-11-9(7)13)6-4-2-1-3-5-6/h1-5H. The van der Waals surface area contributed by atoms with E-state index in [0.717, 1.165) is 5.56 Å². The van der Waals surface area contributed by atoms with Gasteiger partial charge in [0.25, 0.3) is 0 Å². The van der Waals surface area contributed by atoms with Crippen LogP contribution in [0.15, 0.2) is 39.9 Å². The van der Waals surface area contributed by atoms with Crippen molar-refractivity contribution in [2.45, 2.75) is 5.03 Å². The summed E-state index contributed by atoms with van der Waals surface area (Å²) in [6.45, 7) is 0. The van der Waals surface area contributed by atoms with Crippen molar-refractivity contribution in [3.63, 3.8) is 0 Å². The average Bonchev–Trinajstić information content (AvgIpc) is 2.49. The molecule has 0 unspecified atom stereocenters. The first-order chi connectivity index (χ1) is 6.29. The van der Waals surface area contributed by atoms with Gasteiger partial charge in [-0.15, -0.1) is 0 Å². The Kier molecular flexibility index (Phi) is 2.20. The maximum atomic E-state index is 5.88. The zero-order chi connectivity index (χ0) is 9.26. The molecule has 0 atom stereocenters. The summed E-state index contributed by atoms with van der Waals surface area (Å²) in [5.74, 6) is 0.535. The van der Waals surface area contributed by atoms with Crippen LogP contribution in [0.4, 0.5) is 0 Å². The van der Waals surface area contributed by atoms with E-state index in [1.807, 2.05) is 30.3 Å². The quantitative estimate of drug-likeness (QED) is 0.720. The highest BCUT2D eigenvalue weighted by Crippen LogP contribution is 2.31. The van der Waals surface area contributed by atoms with Crippen LogP contribution in [0.2, 0.25) is 5.02 Å². The Hall–Kier alpha value is -1.06. The highest BCUT2D eigenvalue weighted by Gasteiger charge is 2.12. The van der Waals surface area contributed by atoms with E-state index in [2.05, 4.69) is 5.16 Å². The van der Waals surface area contributed by atoms with Crippen LogP contribution in [-0.4, -0.2) is 5.16 Å². The molecule has 0 saturated carbocycles. The maximum absolute atomic E-state index is 5.88. The Morgan fingerprint density at radius 1 is 1.23 bits per heavy atom. The zero-order valence-electron chi connectivity index (χ0n) is 6.53. The molecule has 2 aromatic rings. The Morgan fingerprint density at radius 2 is 1.92 bits per heavy atom. The second-order valence-corrected chi connectivity index (χ2v) is 3.26. The van der Waals surface area contributed by atoms with Crippen LogP contribution in [0, 0.1) is 0 Å². The summed E-state index contributed by atoms with van der Waals surface area (Å²) in [7, 11) is 0. The van der Waals surface area contributed by atoms with Crippen molar-refractivity contribution in [2.75, 3.05) is 0 Å². The molecule has 0 bridgehead atoms. The monoisotopic (exact) mass is 210 g/mol. The molecule has 1 aromatic carbocycles. The third-order valence-corrected chi connectivity index (χ3v) is 2.38. The van der Waals surface area contributed by atoms with Gasteiger partial charge in [0.05, 0.1) is 0 Å². The van der Waals surface area contributed by atoms with Crippen molar-refractivity contribution < 1.29 is 4.52 Å². The first kappa shape index (κ1) is 8.53. The lowest BCUT2D eigenvalue weighted by Gasteiger charge is -1.93. The Bertz CT molecular complexity index is 413. The lowest BCUT2D eigenvalue weighted by atomic mass is 10.2. The van der Waals surface area contributed by atoms with Gasteiger partial charge >= 0.3 is 0 Å². The molecule has 1 radical (unpaired) electrons. The minimum Gasteiger partial charge on any atom is -0.353 e. The molecule has 0 N–H and O–H groups in total. The van der Waals surface area contributed by atoms with Crippen molar-refractivity contribution in [2.24, 2.45) is 0 Å². The molecule has 0 aliphatic rings. The number of hydrogen-bond acceptors (Lipinski definition) is 2. The molecular formula is C9H5ClNOS. The van der Waals surface area contributed by atoms with Gasteiger partial charge in [0.15, 0.2) is 10.8 Å². The molecule has 1 heterocycles. The molecule has 13 heavy (non-hydrogen) atoms. The Labute approximate surface area is 85.9 Å². The summed E-state index contributed by atoms with van der Waals surface area (Å²) in [6, 6.07) is 9.50. The molecule has 0 saturated heterocycles. The van der Waals surface area contributed by atoms with E-state index in [0.29, 0.717) is 15.8 Å². The van der Waals surface area contributed by atoms with Gasteiger partial charge in [0.1, 0.15) is 5.02 Å². The molecule has 0 fully saturated rings.